The Morgan fingerprint density at radius 1 is 0.400 bits per heavy atom. The second kappa shape index (κ2) is 25.0. The van der Waals surface area contributed by atoms with Crippen molar-refractivity contribution in [3.05, 3.63) is 12.4 Å². The van der Waals surface area contributed by atoms with Crippen LogP contribution in [-0.2, 0) is 0 Å². The van der Waals surface area contributed by atoms with Gasteiger partial charge in [-0.2, -0.15) is 0 Å². The maximum atomic E-state index is 2.65. The molecule has 35 heavy (non-hydrogen) atoms. The lowest BCUT2D eigenvalue weighted by Gasteiger charge is -2.32. The summed E-state index contributed by atoms with van der Waals surface area (Å²) in [5, 5.41) is 0. The SMILES string of the molecule is CCCCCCCCCCCCCCCCN1C=CN(CC)C1CCCCCCCCCCCC. The number of hydrogen-bond donors (Lipinski definition) is 0. The molecule has 0 radical (unpaired) electrons. The van der Waals surface area contributed by atoms with Gasteiger partial charge in [0.25, 0.3) is 0 Å². The largest absolute Gasteiger partial charge is 0.356 e. The number of nitrogens with zero attached hydrogens (tertiary/aromatic N) is 2. The summed E-state index contributed by atoms with van der Waals surface area (Å²) < 4.78 is 0. The molecule has 0 fully saturated rings. The third-order valence-corrected chi connectivity index (χ3v) is 8.17. The molecule has 0 saturated carbocycles. The summed E-state index contributed by atoms with van der Waals surface area (Å²) in [4.78, 5) is 5.22. The van der Waals surface area contributed by atoms with Gasteiger partial charge >= 0.3 is 0 Å². The molecule has 0 aromatic carbocycles. The third kappa shape index (κ3) is 18.3. The van der Waals surface area contributed by atoms with Gasteiger partial charge in [0.15, 0.2) is 0 Å². The quantitative estimate of drug-likeness (QED) is 0.106. The minimum Gasteiger partial charge on any atom is -0.356 e. The molecule has 208 valence electrons. The smallest absolute Gasteiger partial charge is 0.101 e. The topological polar surface area (TPSA) is 6.48 Å². The van der Waals surface area contributed by atoms with E-state index in [1.54, 1.807) is 0 Å². The molecular formula is C33H66N2. The van der Waals surface area contributed by atoms with Crippen molar-refractivity contribution < 1.29 is 0 Å². The van der Waals surface area contributed by atoms with Crippen molar-refractivity contribution in [1.82, 2.24) is 9.80 Å². The van der Waals surface area contributed by atoms with Gasteiger partial charge in [0, 0.05) is 25.5 Å². The highest BCUT2D eigenvalue weighted by Gasteiger charge is 2.23. The van der Waals surface area contributed by atoms with E-state index in [1.807, 2.05) is 0 Å². The van der Waals surface area contributed by atoms with Gasteiger partial charge in [0.1, 0.15) is 6.17 Å². The highest BCUT2D eigenvalue weighted by Crippen LogP contribution is 2.23. The maximum absolute atomic E-state index is 2.65. The van der Waals surface area contributed by atoms with Crippen molar-refractivity contribution in [3.8, 4) is 0 Å². The van der Waals surface area contributed by atoms with E-state index in [2.05, 4.69) is 43.0 Å². The molecule has 1 unspecified atom stereocenters. The minimum atomic E-state index is 0.635. The van der Waals surface area contributed by atoms with Crippen molar-refractivity contribution in [2.24, 2.45) is 0 Å². The predicted octanol–water partition coefficient (Wildman–Crippen LogP) is 11.2. The molecule has 1 atom stereocenters. The monoisotopic (exact) mass is 491 g/mol. The molecule has 2 heteroatoms. The Hall–Kier alpha value is -0.660. The summed E-state index contributed by atoms with van der Waals surface area (Å²) in [6.45, 7) is 9.33. The molecule has 0 saturated heterocycles. The van der Waals surface area contributed by atoms with Crippen molar-refractivity contribution in [2.75, 3.05) is 13.1 Å². The van der Waals surface area contributed by atoms with E-state index in [0.717, 1.165) is 6.54 Å². The first-order valence-electron chi connectivity index (χ1n) is 16.5. The zero-order valence-corrected chi connectivity index (χ0v) is 24.7. The fourth-order valence-corrected chi connectivity index (χ4v) is 5.74. The van der Waals surface area contributed by atoms with Crippen LogP contribution in [0.4, 0.5) is 0 Å². The predicted molar refractivity (Wildman–Crippen MR) is 159 cm³/mol. The summed E-state index contributed by atoms with van der Waals surface area (Å²) in [5.74, 6) is 0. The molecule has 1 heterocycles. The second-order valence-electron chi connectivity index (χ2n) is 11.4. The maximum Gasteiger partial charge on any atom is 0.101 e. The molecule has 0 spiro atoms. The van der Waals surface area contributed by atoms with E-state index in [9.17, 15) is 0 Å². The van der Waals surface area contributed by atoms with Crippen LogP contribution in [0.1, 0.15) is 181 Å². The van der Waals surface area contributed by atoms with Crippen LogP contribution < -0.4 is 0 Å². The zero-order chi connectivity index (χ0) is 25.2. The fraction of sp³-hybridized carbons (Fsp3) is 0.939. The number of hydrogen-bond acceptors (Lipinski definition) is 2. The molecular weight excluding hydrogens is 424 g/mol. The molecule has 0 aliphatic carbocycles. The lowest BCUT2D eigenvalue weighted by molar-refractivity contribution is 0.142. The Balaban J connectivity index is 1.96. The second-order valence-corrected chi connectivity index (χ2v) is 11.4. The lowest BCUT2D eigenvalue weighted by Crippen LogP contribution is -2.38. The first-order valence-corrected chi connectivity index (χ1v) is 16.5. The Bertz CT molecular complexity index is 446. The van der Waals surface area contributed by atoms with E-state index in [4.69, 9.17) is 0 Å². The van der Waals surface area contributed by atoms with Gasteiger partial charge in [-0.05, 0) is 26.2 Å². The van der Waals surface area contributed by atoms with Crippen molar-refractivity contribution in [2.45, 2.75) is 187 Å². The van der Waals surface area contributed by atoms with Crippen molar-refractivity contribution in [1.29, 1.82) is 0 Å². The number of rotatable bonds is 27. The Kier molecular flexibility index (Phi) is 23.1. The summed E-state index contributed by atoms with van der Waals surface area (Å²) in [5.41, 5.74) is 0. The van der Waals surface area contributed by atoms with E-state index >= 15 is 0 Å². The molecule has 1 rings (SSSR count). The molecule has 2 nitrogen and oxygen atoms in total. The minimum absolute atomic E-state index is 0.635. The molecule has 0 N–H and O–H groups in total. The first kappa shape index (κ1) is 32.4. The van der Waals surface area contributed by atoms with Crippen LogP contribution in [0.3, 0.4) is 0 Å². The van der Waals surface area contributed by atoms with Crippen LogP contribution >= 0.6 is 0 Å². The summed E-state index contributed by atoms with van der Waals surface area (Å²) in [6.07, 6.45) is 41.3. The van der Waals surface area contributed by atoms with Gasteiger partial charge in [-0.25, -0.2) is 0 Å². The Morgan fingerprint density at radius 2 is 0.743 bits per heavy atom. The molecule has 1 aliphatic rings. The first-order chi connectivity index (χ1) is 17.3. The molecule has 0 amide bonds. The van der Waals surface area contributed by atoms with Crippen LogP contribution in [0.25, 0.3) is 0 Å². The summed E-state index contributed by atoms with van der Waals surface area (Å²) in [7, 11) is 0. The van der Waals surface area contributed by atoms with Crippen LogP contribution in [0, 0.1) is 0 Å². The molecule has 0 aromatic rings. The lowest BCUT2D eigenvalue weighted by atomic mass is 10.0. The van der Waals surface area contributed by atoms with E-state index in [-0.39, 0.29) is 0 Å². The van der Waals surface area contributed by atoms with Crippen molar-refractivity contribution >= 4 is 0 Å². The molecule has 1 aliphatic heterocycles. The van der Waals surface area contributed by atoms with Gasteiger partial charge in [-0.15, -0.1) is 0 Å². The van der Waals surface area contributed by atoms with Crippen LogP contribution in [0.2, 0.25) is 0 Å². The fourth-order valence-electron chi connectivity index (χ4n) is 5.74. The average molecular weight is 491 g/mol. The van der Waals surface area contributed by atoms with Crippen LogP contribution in [0.15, 0.2) is 12.4 Å². The third-order valence-electron chi connectivity index (χ3n) is 8.17. The highest BCUT2D eigenvalue weighted by molar-refractivity contribution is 4.96. The Morgan fingerprint density at radius 3 is 1.14 bits per heavy atom. The molecule has 0 bridgehead atoms. The van der Waals surface area contributed by atoms with Gasteiger partial charge in [-0.3, -0.25) is 0 Å². The highest BCUT2D eigenvalue weighted by atomic mass is 15.4. The van der Waals surface area contributed by atoms with Gasteiger partial charge in [0.05, 0.1) is 0 Å². The van der Waals surface area contributed by atoms with E-state index < -0.39 is 0 Å². The normalized spacial score (nSPS) is 15.6. The average Bonchev–Trinajstić information content (AvgIpc) is 3.27. The number of unbranched alkanes of at least 4 members (excludes halogenated alkanes) is 22. The standard InChI is InChI=1S/C33H66N2/c1-4-7-9-11-13-15-17-18-19-20-22-24-26-28-30-35-32-31-34(6-3)33(35)29-27-25-23-21-16-14-12-10-8-5-2/h31-33H,4-30H2,1-3H3. The van der Waals surface area contributed by atoms with Gasteiger partial charge in [-0.1, -0.05) is 155 Å². The van der Waals surface area contributed by atoms with E-state index in [1.165, 1.54) is 167 Å². The van der Waals surface area contributed by atoms with E-state index in [0.29, 0.717) is 6.17 Å². The van der Waals surface area contributed by atoms with Crippen LogP contribution in [-0.4, -0.2) is 29.1 Å². The van der Waals surface area contributed by atoms with Crippen molar-refractivity contribution in [3.63, 3.8) is 0 Å². The van der Waals surface area contributed by atoms with Gasteiger partial charge < -0.3 is 9.80 Å². The Labute approximate surface area is 222 Å². The van der Waals surface area contributed by atoms with Gasteiger partial charge in [0.2, 0.25) is 0 Å². The zero-order valence-electron chi connectivity index (χ0n) is 24.7. The summed E-state index contributed by atoms with van der Waals surface area (Å²) in [6, 6.07) is 0. The van der Waals surface area contributed by atoms with Crippen LogP contribution in [0.5, 0.6) is 0 Å². The molecule has 0 aromatic heterocycles. The summed E-state index contributed by atoms with van der Waals surface area (Å²) >= 11 is 0.